The third-order valence-corrected chi connectivity index (χ3v) is 5.30. The van der Waals surface area contributed by atoms with Crippen molar-refractivity contribution < 1.29 is 9.59 Å². The Morgan fingerprint density at radius 1 is 1.00 bits per heavy atom. The van der Waals surface area contributed by atoms with E-state index in [0.29, 0.717) is 6.54 Å². The lowest BCUT2D eigenvalue weighted by atomic mass is 10.0. The number of hydrogen-bond donors (Lipinski definition) is 1. The van der Waals surface area contributed by atoms with Crippen LogP contribution in [-0.4, -0.2) is 37.2 Å². The van der Waals surface area contributed by atoms with Crippen LogP contribution in [0, 0.1) is 0 Å². The zero-order chi connectivity index (χ0) is 19.2. The Labute approximate surface area is 161 Å². The van der Waals surface area contributed by atoms with Crippen molar-refractivity contribution in [1.82, 2.24) is 10.2 Å². The van der Waals surface area contributed by atoms with Gasteiger partial charge in [-0.2, -0.15) is 0 Å². The van der Waals surface area contributed by atoms with Crippen LogP contribution in [0.15, 0.2) is 48.5 Å². The van der Waals surface area contributed by atoms with Gasteiger partial charge in [-0.15, -0.1) is 0 Å². The van der Waals surface area contributed by atoms with E-state index in [1.165, 1.54) is 17.5 Å². The quantitative estimate of drug-likeness (QED) is 0.729. The van der Waals surface area contributed by atoms with E-state index in [1.54, 1.807) is 0 Å². The lowest BCUT2D eigenvalue weighted by Gasteiger charge is -2.25. The van der Waals surface area contributed by atoms with Crippen LogP contribution in [0.3, 0.4) is 0 Å². The van der Waals surface area contributed by atoms with Crippen molar-refractivity contribution in [1.29, 1.82) is 0 Å². The third kappa shape index (κ3) is 5.04. The summed E-state index contributed by atoms with van der Waals surface area (Å²) in [7, 11) is 4.00. The van der Waals surface area contributed by atoms with Crippen molar-refractivity contribution in [2.45, 2.75) is 38.1 Å². The van der Waals surface area contributed by atoms with E-state index in [0.717, 1.165) is 24.0 Å². The number of rotatable bonds is 8. The molecule has 0 aliphatic heterocycles. The highest BCUT2D eigenvalue weighted by molar-refractivity contribution is 5.98. The molecule has 2 aromatic carbocycles. The van der Waals surface area contributed by atoms with Gasteiger partial charge in [-0.05, 0) is 56.1 Å². The molecule has 1 N–H and O–H groups in total. The molecule has 0 unspecified atom stereocenters. The second-order valence-corrected chi connectivity index (χ2v) is 7.45. The summed E-state index contributed by atoms with van der Waals surface area (Å²) >= 11 is 0. The van der Waals surface area contributed by atoms with E-state index in [4.69, 9.17) is 0 Å². The van der Waals surface area contributed by atoms with Gasteiger partial charge >= 0.3 is 0 Å². The number of carbonyl (C=O) groups excluding carboxylic acids is 2. The molecule has 27 heavy (non-hydrogen) atoms. The number of fused-ring (bicyclic) bond motifs is 1. The molecule has 0 saturated carbocycles. The van der Waals surface area contributed by atoms with Gasteiger partial charge in [0.05, 0.1) is 6.04 Å². The Kier molecular flexibility index (Phi) is 6.40. The van der Waals surface area contributed by atoms with Gasteiger partial charge in [-0.3, -0.25) is 9.59 Å². The van der Waals surface area contributed by atoms with Crippen molar-refractivity contribution in [3.8, 4) is 0 Å². The second-order valence-electron chi connectivity index (χ2n) is 7.45. The first-order valence-electron chi connectivity index (χ1n) is 9.67. The predicted molar refractivity (Wildman–Crippen MR) is 108 cm³/mol. The first-order valence-corrected chi connectivity index (χ1v) is 9.67. The molecule has 0 heterocycles. The first kappa shape index (κ1) is 19.3. The summed E-state index contributed by atoms with van der Waals surface area (Å²) in [6.07, 6.45) is 3.82. The number of amides is 1. The van der Waals surface area contributed by atoms with Crippen LogP contribution in [-0.2, 0) is 17.6 Å². The number of benzene rings is 2. The smallest absolute Gasteiger partial charge is 0.220 e. The van der Waals surface area contributed by atoms with Crippen LogP contribution in [0.1, 0.15) is 52.4 Å². The highest BCUT2D eigenvalue weighted by atomic mass is 16.2. The Hall–Kier alpha value is -2.46. The van der Waals surface area contributed by atoms with Crippen molar-refractivity contribution in [3.63, 3.8) is 0 Å². The summed E-state index contributed by atoms with van der Waals surface area (Å²) < 4.78 is 0. The molecule has 0 saturated heterocycles. The van der Waals surface area contributed by atoms with E-state index >= 15 is 0 Å². The first-order chi connectivity index (χ1) is 13.0. The highest BCUT2D eigenvalue weighted by Gasteiger charge is 2.17. The van der Waals surface area contributed by atoms with Gasteiger partial charge in [-0.1, -0.05) is 42.5 Å². The Balaban J connectivity index is 1.49. The maximum atomic E-state index is 12.4. The summed E-state index contributed by atoms with van der Waals surface area (Å²) in [5, 5.41) is 2.98. The molecule has 0 fully saturated rings. The minimum atomic E-state index is -0.0766. The predicted octanol–water partition coefficient (Wildman–Crippen LogP) is 3.56. The van der Waals surface area contributed by atoms with Crippen molar-refractivity contribution in [2.75, 3.05) is 20.6 Å². The highest BCUT2D eigenvalue weighted by Crippen LogP contribution is 2.23. The summed E-state index contributed by atoms with van der Waals surface area (Å²) in [6.45, 7) is 0.531. The van der Waals surface area contributed by atoms with Crippen LogP contribution in [0.5, 0.6) is 0 Å². The molecule has 0 aromatic heterocycles. The van der Waals surface area contributed by atoms with Gasteiger partial charge < -0.3 is 10.2 Å². The Morgan fingerprint density at radius 2 is 1.74 bits per heavy atom. The maximum absolute atomic E-state index is 12.4. The molecular weight excluding hydrogens is 336 g/mol. The lowest BCUT2D eigenvalue weighted by Crippen LogP contribution is -2.34. The Bertz CT molecular complexity index is 799. The average Bonchev–Trinajstić information content (AvgIpc) is 3.14. The molecule has 0 spiro atoms. The summed E-state index contributed by atoms with van der Waals surface area (Å²) in [6, 6.07) is 16.2. The molecular formula is C23H28N2O2. The van der Waals surface area contributed by atoms with Crippen LogP contribution in [0.2, 0.25) is 0 Å². The maximum Gasteiger partial charge on any atom is 0.220 e. The Morgan fingerprint density at radius 3 is 2.48 bits per heavy atom. The standard InChI is InChI=1S/C23H28N2O2/c1-25(2)21(18-7-4-3-5-8-18)16-24-23(27)14-13-22(26)20-12-11-17-9-6-10-19(17)15-20/h3-5,7-8,11-12,15,21H,6,9-10,13-14,16H2,1-2H3,(H,24,27)/t21-/m1/s1. The monoisotopic (exact) mass is 364 g/mol. The fourth-order valence-corrected chi connectivity index (χ4v) is 3.69. The fraction of sp³-hybridized carbons (Fsp3) is 0.391. The minimum absolute atomic E-state index is 0.0482. The number of carbonyl (C=O) groups is 2. The molecule has 4 nitrogen and oxygen atoms in total. The molecule has 4 heteroatoms. The van der Waals surface area contributed by atoms with Gasteiger partial charge in [0.15, 0.2) is 5.78 Å². The minimum Gasteiger partial charge on any atom is -0.354 e. The summed E-state index contributed by atoms with van der Waals surface area (Å²) in [5.74, 6) is -0.0284. The van der Waals surface area contributed by atoms with Crippen molar-refractivity contribution >= 4 is 11.7 Å². The van der Waals surface area contributed by atoms with E-state index in [-0.39, 0.29) is 30.6 Å². The third-order valence-electron chi connectivity index (χ3n) is 5.30. The van der Waals surface area contributed by atoms with E-state index < -0.39 is 0 Å². The van der Waals surface area contributed by atoms with Gasteiger partial charge in [0.2, 0.25) is 5.91 Å². The summed E-state index contributed by atoms with van der Waals surface area (Å²) in [4.78, 5) is 26.8. The lowest BCUT2D eigenvalue weighted by molar-refractivity contribution is -0.121. The SMILES string of the molecule is CN(C)[C@H](CNC(=O)CCC(=O)c1ccc2c(c1)CCC2)c1ccccc1. The molecule has 1 amide bonds. The molecule has 1 atom stereocenters. The van der Waals surface area contributed by atoms with Gasteiger partial charge in [-0.25, -0.2) is 0 Å². The van der Waals surface area contributed by atoms with Crippen molar-refractivity contribution in [3.05, 3.63) is 70.8 Å². The molecule has 3 rings (SSSR count). The average molecular weight is 364 g/mol. The number of likely N-dealkylation sites (N-methyl/N-ethyl adjacent to an activating group) is 1. The van der Waals surface area contributed by atoms with Crippen molar-refractivity contribution in [2.24, 2.45) is 0 Å². The summed E-state index contributed by atoms with van der Waals surface area (Å²) in [5.41, 5.74) is 4.55. The second kappa shape index (κ2) is 8.96. The van der Waals surface area contributed by atoms with Gasteiger partial charge in [0, 0.05) is 24.9 Å². The number of nitrogens with zero attached hydrogens (tertiary/aromatic N) is 1. The van der Waals surface area contributed by atoms with Gasteiger partial charge in [0.1, 0.15) is 0 Å². The number of nitrogens with one attached hydrogen (secondary N) is 1. The number of Topliss-reactive ketones (excluding diaryl/α,β-unsaturated/α-hetero) is 1. The molecule has 2 aromatic rings. The van der Waals surface area contributed by atoms with Gasteiger partial charge in [0.25, 0.3) is 0 Å². The zero-order valence-electron chi connectivity index (χ0n) is 16.2. The normalized spacial score (nSPS) is 14.0. The molecule has 142 valence electrons. The van der Waals surface area contributed by atoms with E-state index in [2.05, 4.69) is 28.4 Å². The number of aryl methyl sites for hydroxylation is 2. The van der Waals surface area contributed by atoms with Crippen LogP contribution in [0.25, 0.3) is 0 Å². The van der Waals surface area contributed by atoms with Crippen LogP contribution in [0.4, 0.5) is 0 Å². The van der Waals surface area contributed by atoms with Crippen LogP contribution >= 0.6 is 0 Å². The fourth-order valence-electron chi connectivity index (χ4n) is 3.69. The molecule has 1 aliphatic carbocycles. The topological polar surface area (TPSA) is 49.4 Å². The van der Waals surface area contributed by atoms with E-state index in [1.807, 2.05) is 44.4 Å². The number of hydrogen-bond acceptors (Lipinski definition) is 3. The zero-order valence-corrected chi connectivity index (χ0v) is 16.2. The molecule has 0 radical (unpaired) electrons. The van der Waals surface area contributed by atoms with E-state index in [9.17, 15) is 9.59 Å². The largest absolute Gasteiger partial charge is 0.354 e. The number of ketones is 1. The van der Waals surface area contributed by atoms with Crippen LogP contribution < -0.4 is 5.32 Å². The molecule has 1 aliphatic rings. The molecule has 0 bridgehead atoms.